The first kappa shape index (κ1) is 18.7. The number of nitrogens with zero attached hydrogens (tertiary/aromatic N) is 1. The van der Waals surface area contributed by atoms with Gasteiger partial charge >= 0.3 is 0 Å². The number of nitrogens with two attached hydrogens (primary N) is 1. The van der Waals surface area contributed by atoms with Gasteiger partial charge in [-0.15, -0.1) is 0 Å². The Morgan fingerprint density at radius 2 is 1.90 bits per heavy atom. The Kier molecular flexibility index (Phi) is 8.53. The second kappa shape index (κ2) is 9.60. The van der Waals surface area contributed by atoms with Crippen molar-refractivity contribution in [1.82, 2.24) is 4.90 Å². The van der Waals surface area contributed by atoms with E-state index < -0.39 is 0 Å². The van der Waals surface area contributed by atoms with Crippen molar-refractivity contribution in [1.29, 1.82) is 0 Å². The molecule has 0 aliphatic carbocycles. The van der Waals surface area contributed by atoms with Crippen molar-refractivity contribution < 1.29 is 0 Å². The predicted molar refractivity (Wildman–Crippen MR) is 96.5 cm³/mol. The van der Waals surface area contributed by atoms with Crippen LogP contribution in [0.1, 0.15) is 65.0 Å². The summed E-state index contributed by atoms with van der Waals surface area (Å²) in [6.07, 6.45) is 4.60. The van der Waals surface area contributed by atoms with Gasteiger partial charge in [-0.2, -0.15) is 0 Å². The first-order chi connectivity index (χ1) is 10.0. The van der Waals surface area contributed by atoms with Crippen molar-refractivity contribution >= 4 is 15.9 Å². The van der Waals surface area contributed by atoms with Crippen LogP contribution in [0.3, 0.4) is 0 Å². The van der Waals surface area contributed by atoms with Crippen LogP contribution in [-0.2, 0) is 0 Å². The molecule has 1 rings (SSSR count). The maximum atomic E-state index is 6.51. The third kappa shape index (κ3) is 5.39. The molecule has 0 radical (unpaired) electrons. The number of halogens is 1. The molecule has 0 aliphatic rings. The Labute approximate surface area is 139 Å². The molecule has 120 valence electrons. The van der Waals surface area contributed by atoms with Crippen LogP contribution in [0.25, 0.3) is 0 Å². The van der Waals surface area contributed by atoms with E-state index in [1.165, 1.54) is 18.4 Å². The lowest BCUT2D eigenvalue weighted by Gasteiger charge is -2.39. The van der Waals surface area contributed by atoms with Crippen molar-refractivity contribution in [3.63, 3.8) is 0 Å². The molecule has 0 aliphatic heterocycles. The molecular weight excluding hydrogens is 324 g/mol. The van der Waals surface area contributed by atoms with Gasteiger partial charge in [0.05, 0.1) is 6.04 Å². The molecule has 0 saturated carbocycles. The van der Waals surface area contributed by atoms with Gasteiger partial charge in [-0.1, -0.05) is 55.3 Å². The van der Waals surface area contributed by atoms with Gasteiger partial charge in [-0.25, -0.2) is 0 Å². The highest BCUT2D eigenvalue weighted by molar-refractivity contribution is 9.10. The van der Waals surface area contributed by atoms with Gasteiger partial charge in [0.1, 0.15) is 0 Å². The third-order valence-electron chi connectivity index (χ3n) is 4.35. The zero-order valence-electron chi connectivity index (χ0n) is 14.0. The highest BCUT2D eigenvalue weighted by Gasteiger charge is 2.28. The number of hydrogen-bond donors (Lipinski definition) is 1. The molecule has 1 aromatic rings. The minimum Gasteiger partial charge on any atom is -0.326 e. The summed E-state index contributed by atoms with van der Waals surface area (Å²) in [5.74, 6) is 0. The summed E-state index contributed by atoms with van der Waals surface area (Å²) in [6.45, 7) is 10.1. The molecule has 3 heteroatoms. The van der Waals surface area contributed by atoms with Crippen LogP contribution in [-0.4, -0.2) is 23.5 Å². The van der Waals surface area contributed by atoms with E-state index in [4.69, 9.17) is 5.73 Å². The average Bonchev–Trinajstić information content (AvgIpc) is 2.49. The molecule has 3 unspecified atom stereocenters. The Balaban J connectivity index is 3.12. The SMILES string of the molecule is CCCCN(C(C)CC)C(c1cccc(Br)c1)C(N)CC. The highest BCUT2D eigenvalue weighted by Crippen LogP contribution is 2.30. The van der Waals surface area contributed by atoms with E-state index in [2.05, 4.69) is 72.8 Å². The molecular formula is C18H31BrN2. The van der Waals surface area contributed by atoms with Crippen LogP contribution in [0.2, 0.25) is 0 Å². The van der Waals surface area contributed by atoms with Crippen LogP contribution in [0.15, 0.2) is 28.7 Å². The van der Waals surface area contributed by atoms with Gasteiger partial charge in [0, 0.05) is 16.6 Å². The quantitative estimate of drug-likeness (QED) is 0.665. The lowest BCUT2D eigenvalue weighted by molar-refractivity contribution is 0.116. The smallest absolute Gasteiger partial charge is 0.0502 e. The first-order valence-electron chi connectivity index (χ1n) is 8.31. The summed E-state index contributed by atoms with van der Waals surface area (Å²) in [5, 5.41) is 0. The Morgan fingerprint density at radius 3 is 2.43 bits per heavy atom. The lowest BCUT2D eigenvalue weighted by atomic mass is 9.94. The maximum absolute atomic E-state index is 6.51. The molecule has 1 aromatic carbocycles. The first-order valence-corrected chi connectivity index (χ1v) is 9.11. The highest BCUT2D eigenvalue weighted by atomic mass is 79.9. The standard InChI is InChI=1S/C18H31BrN2/c1-5-8-12-21(14(4)6-2)18(17(20)7-3)15-10-9-11-16(19)13-15/h9-11,13-14,17-18H,5-8,12,20H2,1-4H3. The summed E-state index contributed by atoms with van der Waals surface area (Å²) in [6, 6.07) is 9.66. The minimum absolute atomic E-state index is 0.171. The van der Waals surface area contributed by atoms with Gasteiger partial charge in [0.15, 0.2) is 0 Å². The normalized spacial score (nSPS) is 16.0. The van der Waals surface area contributed by atoms with E-state index in [1.807, 2.05) is 0 Å². The molecule has 2 nitrogen and oxygen atoms in total. The maximum Gasteiger partial charge on any atom is 0.0502 e. The molecule has 0 saturated heterocycles. The number of unbranched alkanes of at least 4 members (excludes halogenated alkanes) is 1. The van der Waals surface area contributed by atoms with Crippen LogP contribution in [0.5, 0.6) is 0 Å². The third-order valence-corrected chi connectivity index (χ3v) is 4.84. The van der Waals surface area contributed by atoms with Crippen molar-refractivity contribution in [3.8, 4) is 0 Å². The van der Waals surface area contributed by atoms with Gasteiger partial charge < -0.3 is 5.73 Å². The van der Waals surface area contributed by atoms with E-state index in [1.54, 1.807) is 0 Å². The minimum atomic E-state index is 0.171. The second-order valence-electron chi connectivity index (χ2n) is 5.92. The van der Waals surface area contributed by atoms with Gasteiger partial charge in [-0.3, -0.25) is 4.90 Å². The fourth-order valence-corrected chi connectivity index (χ4v) is 3.22. The monoisotopic (exact) mass is 354 g/mol. The zero-order valence-corrected chi connectivity index (χ0v) is 15.6. The van der Waals surface area contributed by atoms with E-state index in [9.17, 15) is 0 Å². The average molecular weight is 355 g/mol. The van der Waals surface area contributed by atoms with E-state index >= 15 is 0 Å². The van der Waals surface area contributed by atoms with Gasteiger partial charge in [0.2, 0.25) is 0 Å². The van der Waals surface area contributed by atoms with Gasteiger partial charge in [0.25, 0.3) is 0 Å². The Morgan fingerprint density at radius 1 is 1.19 bits per heavy atom. The van der Waals surface area contributed by atoms with Crippen LogP contribution in [0.4, 0.5) is 0 Å². The fraction of sp³-hybridized carbons (Fsp3) is 0.667. The summed E-state index contributed by atoms with van der Waals surface area (Å²) < 4.78 is 1.13. The van der Waals surface area contributed by atoms with Crippen molar-refractivity contribution in [2.24, 2.45) is 5.73 Å². The van der Waals surface area contributed by atoms with Crippen molar-refractivity contribution in [2.75, 3.05) is 6.54 Å². The van der Waals surface area contributed by atoms with Crippen LogP contribution >= 0.6 is 15.9 Å². The van der Waals surface area contributed by atoms with Crippen LogP contribution in [0, 0.1) is 0 Å². The molecule has 0 amide bonds. The van der Waals surface area contributed by atoms with E-state index in [-0.39, 0.29) is 6.04 Å². The molecule has 21 heavy (non-hydrogen) atoms. The number of benzene rings is 1. The van der Waals surface area contributed by atoms with E-state index in [0.29, 0.717) is 12.1 Å². The molecule has 0 aromatic heterocycles. The molecule has 3 atom stereocenters. The number of hydrogen-bond acceptors (Lipinski definition) is 2. The van der Waals surface area contributed by atoms with Crippen molar-refractivity contribution in [2.45, 2.75) is 71.5 Å². The van der Waals surface area contributed by atoms with Crippen LogP contribution < -0.4 is 5.73 Å². The molecule has 2 N–H and O–H groups in total. The molecule has 0 heterocycles. The lowest BCUT2D eigenvalue weighted by Crippen LogP contribution is -2.45. The summed E-state index contributed by atoms with van der Waals surface area (Å²) in [4.78, 5) is 2.61. The predicted octanol–water partition coefficient (Wildman–Crippen LogP) is 5.13. The van der Waals surface area contributed by atoms with E-state index in [0.717, 1.165) is 23.9 Å². The Hall–Kier alpha value is -0.380. The topological polar surface area (TPSA) is 29.3 Å². The Bertz CT molecular complexity index is 408. The second-order valence-corrected chi connectivity index (χ2v) is 6.84. The summed E-state index contributed by atoms with van der Waals surface area (Å²) >= 11 is 3.60. The van der Waals surface area contributed by atoms with Gasteiger partial charge in [-0.05, 0) is 50.4 Å². The number of rotatable bonds is 9. The molecule has 0 fully saturated rings. The summed E-state index contributed by atoms with van der Waals surface area (Å²) in [5.41, 5.74) is 7.84. The molecule has 0 bridgehead atoms. The summed E-state index contributed by atoms with van der Waals surface area (Å²) in [7, 11) is 0. The zero-order chi connectivity index (χ0) is 15.8. The largest absolute Gasteiger partial charge is 0.326 e. The fourth-order valence-electron chi connectivity index (χ4n) is 2.81. The van der Waals surface area contributed by atoms with Crippen molar-refractivity contribution in [3.05, 3.63) is 34.3 Å². The molecule has 0 spiro atoms.